The Balaban J connectivity index is 1.18. The zero-order valence-electron chi connectivity index (χ0n) is 14.7. The van der Waals surface area contributed by atoms with Crippen LogP contribution in [-0.2, 0) is 11.3 Å². The van der Waals surface area contributed by atoms with Crippen molar-refractivity contribution in [3.8, 4) is 0 Å². The third-order valence-corrected chi connectivity index (χ3v) is 5.86. The van der Waals surface area contributed by atoms with E-state index in [4.69, 9.17) is 4.74 Å². The molecule has 1 fully saturated rings. The van der Waals surface area contributed by atoms with Crippen molar-refractivity contribution in [2.75, 3.05) is 6.61 Å². The summed E-state index contributed by atoms with van der Waals surface area (Å²) in [6.45, 7) is 3.78. The van der Waals surface area contributed by atoms with Crippen LogP contribution in [0.1, 0.15) is 43.2 Å². The molecule has 4 rings (SSSR count). The second-order valence-electron chi connectivity index (χ2n) is 7.77. The molecule has 2 aromatic rings. The molecule has 2 bridgehead atoms. The SMILES string of the molecule is Cc1ccc2ccc(COCCCCC3CC4C=CC3C4)cc2c1. The summed E-state index contributed by atoms with van der Waals surface area (Å²) >= 11 is 0. The van der Waals surface area contributed by atoms with Crippen molar-refractivity contribution in [1.82, 2.24) is 0 Å². The van der Waals surface area contributed by atoms with Gasteiger partial charge in [-0.05, 0) is 72.8 Å². The Morgan fingerprint density at radius 1 is 0.958 bits per heavy atom. The molecule has 3 unspecified atom stereocenters. The highest BCUT2D eigenvalue weighted by Gasteiger charge is 2.34. The van der Waals surface area contributed by atoms with Gasteiger partial charge < -0.3 is 4.74 Å². The second-order valence-corrected chi connectivity index (χ2v) is 7.77. The van der Waals surface area contributed by atoms with Crippen LogP contribution in [0.2, 0.25) is 0 Å². The van der Waals surface area contributed by atoms with Crippen molar-refractivity contribution >= 4 is 10.8 Å². The third kappa shape index (κ3) is 3.57. The summed E-state index contributed by atoms with van der Waals surface area (Å²) < 4.78 is 5.91. The van der Waals surface area contributed by atoms with Crippen LogP contribution in [0.15, 0.2) is 48.6 Å². The van der Waals surface area contributed by atoms with E-state index in [9.17, 15) is 0 Å². The molecule has 0 radical (unpaired) electrons. The van der Waals surface area contributed by atoms with Crippen LogP contribution < -0.4 is 0 Å². The number of benzene rings is 2. The van der Waals surface area contributed by atoms with Gasteiger partial charge in [-0.15, -0.1) is 0 Å². The van der Waals surface area contributed by atoms with Crippen LogP contribution in [0.3, 0.4) is 0 Å². The van der Waals surface area contributed by atoms with Crippen molar-refractivity contribution in [3.05, 3.63) is 59.7 Å². The zero-order valence-corrected chi connectivity index (χ0v) is 14.7. The highest BCUT2D eigenvalue weighted by Crippen LogP contribution is 2.45. The number of rotatable bonds is 7. The minimum Gasteiger partial charge on any atom is -0.377 e. The van der Waals surface area contributed by atoms with Crippen LogP contribution in [-0.4, -0.2) is 6.61 Å². The molecule has 2 aromatic carbocycles. The fraction of sp³-hybridized carbons (Fsp3) is 0.478. The van der Waals surface area contributed by atoms with Gasteiger partial charge in [-0.3, -0.25) is 0 Å². The first-order chi connectivity index (χ1) is 11.8. The summed E-state index contributed by atoms with van der Waals surface area (Å²) in [5.41, 5.74) is 2.60. The summed E-state index contributed by atoms with van der Waals surface area (Å²) in [4.78, 5) is 0. The Hall–Kier alpha value is -1.60. The standard InChI is InChI=1S/C23H28O/c1-17-5-8-20-9-7-19(15-23(20)12-17)16-24-11-3-2-4-21-13-18-6-10-22(21)14-18/h5-10,12,15,18,21-22H,2-4,11,13-14,16H2,1H3. The molecule has 0 aromatic heterocycles. The first kappa shape index (κ1) is 15.9. The Labute approximate surface area is 145 Å². The Kier molecular flexibility index (Phi) is 4.71. The topological polar surface area (TPSA) is 9.23 Å². The Morgan fingerprint density at radius 3 is 2.71 bits per heavy atom. The molecule has 0 saturated heterocycles. The lowest BCUT2D eigenvalue weighted by Crippen LogP contribution is -2.07. The van der Waals surface area contributed by atoms with Crippen molar-refractivity contribution < 1.29 is 4.74 Å². The van der Waals surface area contributed by atoms with Crippen molar-refractivity contribution in [2.45, 2.75) is 45.6 Å². The quantitative estimate of drug-likeness (QED) is 0.446. The maximum atomic E-state index is 5.91. The zero-order chi connectivity index (χ0) is 16.4. The van der Waals surface area contributed by atoms with Gasteiger partial charge in [-0.2, -0.15) is 0 Å². The first-order valence-electron chi connectivity index (χ1n) is 9.53. The minimum atomic E-state index is 0.737. The van der Waals surface area contributed by atoms with Gasteiger partial charge in [0.1, 0.15) is 0 Å². The number of ether oxygens (including phenoxy) is 1. The lowest BCUT2D eigenvalue weighted by molar-refractivity contribution is 0.115. The van der Waals surface area contributed by atoms with Gasteiger partial charge in [0.25, 0.3) is 0 Å². The highest BCUT2D eigenvalue weighted by atomic mass is 16.5. The van der Waals surface area contributed by atoms with Gasteiger partial charge >= 0.3 is 0 Å². The van der Waals surface area contributed by atoms with E-state index >= 15 is 0 Å². The van der Waals surface area contributed by atoms with Gasteiger partial charge in [0, 0.05) is 6.61 Å². The van der Waals surface area contributed by atoms with E-state index in [2.05, 4.69) is 55.5 Å². The molecule has 1 heteroatoms. The number of unbranched alkanes of at least 4 members (excludes halogenated alkanes) is 1. The normalized spacial score (nSPS) is 25.0. The summed E-state index contributed by atoms with van der Waals surface area (Å²) in [5.74, 6) is 2.77. The van der Waals surface area contributed by atoms with Crippen molar-refractivity contribution in [3.63, 3.8) is 0 Å². The van der Waals surface area contributed by atoms with E-state index in [-0.39, 0.29) is 0 Å². The van der Waals surface area contributed by atoms with Gasteiger partial charge in [0.05, 0.1) is 6.61 Å². The molecule has 1 saturated carbocycles. The van der Waals surface area contributed by atoms with Crippen LogP contribution in [0.4, 0.5) is 0 Å². The van der Waals surface area contributed by atoms with E-state index in [1.807, 2.05) is 0 Å². The first-order valence-corrected chi connectivity index (χ1v) is 9.53. The monoisotopic (exact) mass is 320 g/mol. The van der Waals surface area contributed by atoms with Crippen LogP contribution >= 0.6 is 0 Å². The molecule has 0 N–H and O–H groups in total. The fourth-order valence-corrected chi connectivity index (χ4v) is 4.53. The number of fused-ring (bicyclic) bond motifs is 3. The van der Waals surface area contributed by atoms with Gasteiger partial charge in [-0.1, -0.05) is 54.5 Å². The van der Waals surface area contributed by atoms with E-state index in [1.165, 1.54) is 54.0 Å². The molecule has 0 amide bonds. The van der Waals surface area contributed by atoms with E-state index in [1.54, 1.807) is 0 Å². The molecular formula is C23H28O. The second kappa shape index (κ2) is 7.11. The number of hydrogen-bond donors (Lipinski definition) is 0. The van der Waals surface area contributed by atoms with E-state index in [0.29, 0.717) is 0 Å². The Morgan fingerprint density at radius 2 is 1.88 bits per heavy atom. The number of allylic oxidation sites excluding steroid dienone is 2. The summed E-state index contributed by atoms with van der Waals surface area (Å²) in [6, 6.07) is 13.3. The average Bonchev–Trinajstić information content (AvgIpc) is 3.20. The lowest BCUT2D eigenvalue weighted by atomic mass is 9.89. The van der Waals surface area contributed by atoms with E-state index < -0.39 is 0 Å². The van der Waals surface area contributed by atoms with Crippen molar-refractivity contribution in [1.29, 1.82) is 0 Å². The minimum absolute atomic E-state index is 0.737. The summed E-state index contributed by atoms with van der Waals surface area (Å²) in [5, 5.41) is 2.63. The molecular weight excluding hydrogens is 292 g/mol. The predicted octanol–water partition coefficient (Wildman–Crippen LogP) is 6.05. The van der Waals surface area contributed by atoms with Gasteiger partial charge in [0.2, 0.25) is 0 Å². The fourth-order valence-electron chi connectivity index (χ4n) is 4.53. The van der Waals surface area contributed by atoms with Crippen molar-refractivity contribution in [2.24, 2.45) is 17.8 Å². The molecule has 2 aliphatic rings. The van der Waals surface area contributed by atoms with Crippen LogP contribution in [0, 0.1) is 24.7 Å². The Bertz CT molecular complexity index is 730. The maximum absolute atomic E-state index is 5.91. The van der Waals surface area contributed by atoms with Gasteiger partial charge in [0.15, 0.2) is 0 Å². The molecule has 3 atom stereocenters. The number of hydrogen-bond acceptors (Lipinski definition) is 1. The van der Waals surface area contributed by atoms with Crippen LogP contribution in [0.25, 0.3) is 10.8 Å². The summed E-state index contributed by atoms with van der Waals surface area (Å²) in [7, 11) is 0. The lowest BCUT2D eigenvalue weighted by Gasteiger charge is -2.17. The number of aryl methyl sites for hydroxylation is 1. The van der Waals surface area contributed by atoms with Crippen LogP contribution in [0.5, 0.6) is 0 Å². The molecule has 126 valence electrons. The predicted molar refractivity (Wildman–Crippen MR) is 101 cm³/mol. The average molecular weight is 320 g/mol. The summed E-state index contributed by atoms with van der Waals surface area (Å²) in [6.07, 6.45) is 11.7. The maximum Gasteiger partial charge on any atom is 0.0717 e. The van der Waals surface area contributed by atoms with Gasteiger partial charge in [-0.25, -0.2) is 0 Å². The molecule has 1 nitrogen and oxygen atoms in total. The largest absolute Gasteiger partial charge is 0.377 e. The third-order valence-electron chi connectivity index (χ3n) is 5.86. The molecule has 24 heavy (non-hydrogen) atoms. The molecule has 0 aliphatic heterocycles. The molecule has 0 spiro atoms. The van der Waals surface area contributed by atoms with E-state index in [0.717, 1.165) is 31.0 Å². The highest BCUT2D eigenvalue weighted by molar-refractivity contribution is 5.83. The molecule has 2 aliphatic carbocycles. The molecule has 0 heterocycles. The smallest absolute Gasteiger partial charge is 0.0717 e.